The number of nitrogens with one attached hydrogen (secondary N) is 1. The number of halogens is 1. The SMILES string of the molecule is CCOC(=O)c1c(NC(=O)COC(=O)c2oc3c(Cl)cccc3c2C)oc(C)c1C(C)=O. The molecule has 32 heavy (non-hydrogen) atoms. The molecule has 10 heteroatoms. The lowest BCUT2D eigenvalue weighted by Crippen LogP contribution is -2.22. The van der Waals surface area contributed by atoms with Crippen molar-refractivity contribution in [1.29, 1.82) is 0 Å². The highest BCUT2D eigenvalue weighted by Crippen LogP contribution is 2.31. The zero-order chi connectivity index (χ0) is 23.6. The van der Waals surface area contributed by atoms with Crippen LogP contribution in [0.1, 0.15) is 56.4 Å². The summed E-state index contributed by atoms with van der Waals surface area (Å²) in [4.78, 5) is 49.0. The van der Waals surface area contributed by atoms with Crippen molar-refractivity contribution in [3.8, 4) is 0 Å². The molecule has 1 N–H and O–H groups in total. The molecule has 1 amide bonds. The summed E-state index contributed by atoms with van der Waals surface area (Å²) in [5, 5.41) is 3.32. The molecule has 168 valence electrons. The van der Waals surface area contributed by atoms with Gasteiger partial charge in [0.1, 0.15) is 11.3 Å². The van der Waals surface area contributed by atoms with Crippen LogP contribution in [0.25, 0.3) is 11.0 Å². The number of ether oxygens (including phenoxy) is 2. The first-order chi connectivity index (χ1) is 15.1. The Kier molecular flexibility index (Phi) is 6.69. The van der Waals surface area contributed by atoms with Crippen LogP contribution < -0.4 is 5.32 Å². The number of amides is 1. The normalized spacial score (nSPS) is 10.8. The van der Waals surface area contributed by atoms with Crippen molar-refractivity contribution in [2.24, 2.45) is 0 Å². The summed E-state index contributed by atoms with van der Waals surface area (Å²) in [7, 11) is 0. The molecule has 0 fully saturated rings. The van der Waals surface area contributed by atoms with Gasteiger partial charge in [0.15, 0.2) is 18.0 Å². The van der Waals surface area contributed by atoms with Crippen LogP contribution in [0.15, 0.2) is 27.0 Å². The van der Waals surface area contributed by atoms with Crippen molar-refractivity contribution in [2.75, 3.05) is 18.5 Å². The molecule has 2 aromatic heterocycles. The Hall–Kier alpha value is -3.59. The van der Waals surface area contributed by atoms with Gasteiger partial charge in [-0.2, -0.15) is 0 Å². The third kappa shape index (κ3) is 4.38. The average Bonchev–Trinajstić information content (AvgIpc) is 3.24. The minimum atomic E-state index is -0.865. The number of ketones is 1. The Balaban J connectivity index is 1.76. The second kappa shape index (κ2) is 9.27. The van der Waals surface area contributed by atoms with E-state index in [1.807, 2.05) is 0 Å². The molecule has 3 aromatic rings. The fourth-order valence-electron chi connectivity index (χ4n) is 3.22. The first-order valence-electron chi connectivity index (χ1n) is 9.61. The number of esters is 2. The van der Waals surface area contributed by atoms with E-state index in [-0.39, 0.29) is 35.1 Å². The number of Topliss-reactive ketones (excluding diaryl/α,β-unsaturated/α-hetero) is 1. The summed E-state index contributed by atoms with van der Waals surface area (Å²) in [6.07, 6.45) is 0. The molecule has 0 spiro atoms. The van der Waals surface area contributed by atoms with Gasteiger partial charge >= 0.3 is 11.9 Å². The van der Waals surface area contributed by atoms with Crippen LogP contribution in [-0.2, 0) is 14.3 Å². The topological polar surface area (TPSA) is 125 Å². The van der Waals surface area contributed by atoms with Crippen molar-refractivity contribution in [3.05, 3.63) is 51.4 Å². The quantitative estimate of drug-likeness (QED) is 0.403. The predicted octanol–water partition coefficient (Wildman–Crippen LogP) is 4.47. The number of hydrogen-bond donors (Lipinski definition) is 1. The van der Waals surface area contributed by atoms with Crippen LogP contribution in [0.2, 0.25) is 5.02 Å². The van der Waals surface area contributed by atoms with Gasteiger partial charge in [0.2, 0.25) is 11.6 Å². The molecule has 0 bridgehead atoms. The van der Waals surface area contributed by atoms with E-state index in [0.717, 1.165) is 0 Å². The molecule has 0 aliphatic heterocycles. The number of fused-ring (bicyclic) bond motifs is 1. The van der Waals surface area contributed by atoms with E-state index < -0.39 is 30.2 Å². The van der Waals surface area contributed by atoms with Crippen molar-refractivity contribution < 1.29 is 37.5 Å². The maximum Gasteiger partial charge on any atom is 0.375 e. The van der Waals surface area contributed by atoms with Crippen LogP contribution in [0.5, 0.6) is 0 Å². The number of carbonyl (C=O) groups excluding carboxylic acids is 4. The fraction of sp³-hybridized carbons (Fsp3) is 0.273. The van der Waals surface area contributed by atoms with Gasteiger partial charge in [0.25, 0.3) is 5.91 Å². The minimum absolute atomic E-state index is 0.00511. The van der Waals surface area contributed by atoms with Gasteiger partial charge < -0.3 is 18.3 Å². The van der Waals surface area contributed by atoms with E-state index >= 15 is 0 Å². The largest absolute Gasteiger partial charge is 0.462 e. The summed E-state index contributed by atoms with van der Waals surface area (Å²) in [6.45, 7) is 5.37. The molecule has 2 heterocycles. The summed E-state index contributed by atoms with van der Waals surface area (Å²) in [6, 6.07) is 5.08. The number of aryl methyl sites for hydroxylation is 2. The zero-order valence-electron chi connectivity index (χ0n) is 17.8. The second-order valence-corrected chi connectivity index (χ2v) is 7.22. The van der Waals surface area contributed by atoms with Gasteiger partial charge in [0, 0.05) is 10.9 Å². The molecular formula is C22H20ClNO8. The first-order valence-corrected chi connectivity index (χ1v) is 9.99. The van der Waals surface area contributed by atoms with Gasteiger partial charge in [-0.3, -0.25) is 14.9 Å². The van der Waals surface area contributed by atoms with E-state index in [2.05, 4.69) is 5.32 Å². The molecule has 0 unspecified atom stereocenters. The Bertz CT molecular complexity index is 1240. The van der Waals surface area contributed by atoms with Crippen molar-refractivity contribution in [1.82, 2.24) is 0 Å². The summed E-state index contributed by atoms with van der Waals surface area (Å²) < 4.78 is 20.9. The van der Waals surface area contributed by atoms with E-state index in [9.17, 15) is 19.2 Å². The number of anilines is 1. The summed E-state index contributed by atoms with van der Waals surface area (Å²) in [5.74, 6) is -3.12. The Labute approximate surface area is 187 Å². The molecule has 9 nitrogen and oxygen atoms in total. The Morgan fingerprint density at radius 1 is 1.03 bits per heavy atom. The average molecular weight is 462 g/mol. The van der Waals surface area contributed by atoms with Gasteiger partial charge in [0.05, 0.1) is 17.2 Å². The first kappa shape index (κ1) is 23.1. The lowest BCUT2D eigenvalue weighted by molar-refractivity contribution is -0.119. The Morgan fingerprint density at radius 3 is 2.38 bits per heavy atom. The van der Waals surface area contributed by atoms with Crippen LogP contribution in [0, 0.1) is 13.8 Å². The third-order valence-electron chi connectivity index (χ3n) is 4.60. The molecule has 0 radical (unpaired) electrons. The number of rotatable bonds is 7. The number of hydrogen-bond acceptors (Lipinski definition) is 8. The van der Waals surface area contributed by atoms with Gasteiger partial charge in [-0.25, -0.2) is 9.59 Å². The standard InChI is InChI=1S/C22H20ClNO8/c1-5-29-21(27)17-16(11(3)25)12(4)31-20(17)24-15(26)9-30-22(28)18-10(2)13-7-6-8-14(23)19(13)32-18/h6-8H,5,9H2,1-4H3,(H,24,26). The minimum Gasteiger partial charge on any atom is -0.462 e. The van der Waals surface area contributed by atoms with E-state index in [4.69, 9.17) is 29.9 Å². The maximum atomic E-state index is 12.4. The molecular weight excluding hydrogens is 442 g/mol. The van der Waals surface area contributed by atoms with Crippen molar-refractivity contribution in [2.45, 2.75) is 27.7 Å². The third-order valence-corrected chi connectivity index (χ3v) is 4.90. The summed E-state index contributed by atoms with van der Waals surface area (Å²) in [5.41, 5.74) is 0.667. The van der Waals surface area contributed by atoms with Crippen LogP contribution in [0.3, 0.4) is 0 Å². The highest BCUT2D eigenvalue weighted by molar-refractivity contribution is 6.35. The fourth-order valence-corrected chi connectivity index (χ4v) is 3.43. The molecule has 0 aliphatic rings. The van der Waals surface area contributed by atoms with Gasteiger partial charge in [-0.1, -0.05) is 23.7 Å². The molecule has 0 aliphatic carbocycles. The molecule has 0 atom stereocenters. The summed E-state index contributed by atoms with van der Waals surface area (Å²) >= 11 is 6.08. The molecule has 0 saturated heterocycles. The van der Waals surface area contributed by atoms with Crippen LogP contribution in [-0.4, -0.2) is 36.8 Å². The van der Waals surface area contributed by atoms with Gasteiger partial charge in [-0.15, -0.1) is 0 Å². The molecule has 0 saturated carbocycles. The maximum absolute atomic E-state index is 12.4. The molecule has 1 aromatic carbocycles. The predicted molar refractivity (Wildman–Crippen MR) is 114 cm³/mol. The van der Waals surface area contributed by atoms with Crippen molar-refractivity contribution >= 4 is 52.1 Å². The van der Waals surface area contributed by atoms with Gasteiger partial charge in [-0.05, 0) is 33.8 Å². The van der Waals surface area contributed by atoms with Crippen molar-refractivity contribution in [3.63, 3.8) is 0 Å². The lowest BCUT2D eigenvalue weighted by Gasteiger charge is -2.06. The number of para-hydroxylation sites is 1. The van der Waals surface area contributed by atoms with E-state index in [1.54, 1.807) is 32.0 Å². The zero-order valence-corrected chi connectivity index (χ0v) is 18.5. The highest BCUT2D eigenvalue weighted by atomic mass is 35.5. The lowest BCUT2D eigenvalue weighted by atomic mass is 10.1. The van der Waals surface area contributed by atoms with Crippen LogP contribution in [0.4, 0.5) is 5.88 Å². The second-order valence-electron chi connectivity index (χ2n) is 6.81. The van der Waals surface area contributed by atoms with E-state index in [1.165, 1.54) is 13.8 Å². The smallest absolute Gasteiger partial charge is 0.375 e. The highest BCUT2D eigenvalue weighted by Gasteiger charge is 2.29. The monoisotopic (exact) mass is 461 g/mol. The van der Waals surface area contributed by atoms with E-state index in [0.29, 0.717) is 21.6 Å². The van der Waals surface area contributed by atoms with Crippen LogP contribution >= 0.6 is 11.6 Å². The number of carbonyl (C=O) groups is 4. The Morgan fingerprint density at radius 2 is 1.75 bits per heavy atom. The molecule has 3 rings (SSSR count). The number of furan rings is 2. The number of benzene rings is 1.